The van der Waals surface area contributed by atoms with E-state index in [4.69, 9.17) is 5.73 Å². The fourth-order valence-electron chi connectivity index (χ4n) is 4.60. The maximum absolute atomic E-state index is 12.8. The van der Waals surface area contributed by atoms with Crippen molar-refractivity contribution in [1.29, 1.82) is 0 Å². The molecule has 4 rings (SSSR count). The van der Waals surface area contributed by atoms with Crippen molar-refractivity contribution >= 4 is 17.5 Å². The zero-order chi connectivity index (χ0) is 17.0. The molecule has 1 aromatic rings. The van der Waals surface area contributed by atoms with Gasteiger partial charge in [-0.15, -0.1) is 0 Å². The van der Waals surface area contributed by atoms with E-state index in [2.05, 4.69) is 0 Å². The lowest BCUT2D eigenvalue weighted by Crippen LogP contribution is -2.40. The number of hydrogen-bond acceptors (Lipinski definition) is 3. The second kappa shape index (κ2) is 5.26. The number of hydrogen-bond donors (Lipinski definition) is 1. The highest BCUT2D eigenvalue weighted by molar-refractivity contribution is 6.21. The zero-order valence-electron chi connectivity index (χ0n) is 13.5. The first-order chi connectivity index (χ1) is 11.5. The van der Waals surface area contributed by atoms with E-state index in [-0.39, 0.29) is 29.0 Å². The van der Waals surface area contributed by atoms with Gasteiger partial charge < -0.3 is 5.73 Å². The number of Topliss-reactive ketones (excluding diaryl/α,β-unsaturated/α-hetero) is 2. The number of carbonyl (C=O) groups is 3. The van der Waals surface area contributed by atoms with Crippen LogP contribution in [-0.2, 0) is 16.0 Å². The van der Waals surface area contributed by atoms with Crippen molar-refractivity contribution < 1.29 is 14.4 Å². The minimum Gasteiger partial charge on any atom is -0.365 e. The van der Waals surface area contributed by atoms with Crippen molar-refractivity contribution in [2.45, 2.75) is 26.2 Å². The molecule has 4 nitrogen and oxygen atoms in total. The first kappa shape index (κ1) is 15.1. The van der Waals surface area contributed by atoms with Crippen LogP contribution in [0.5, 0.6) is 0 Å². The minimum absolute atomic E-state index is 0.0278. The standard InChI is InChI=1S/C20H19NO3/c1-10-6-12-8-13-7-11-4-2-3-5-14(11)18(22)15(13)9-16(12)19(23)17(10)20(21)24/h2-5,9,12-13,16H,6-8H2,1H3,(H2,21,24). The lowest BCUT2D eigenvalue weighted by molar-refractivity contribution is -0.124. The number of fused-ring (bicyclic) bond motifs is 3. The number of carbonyl (C=O) groups excluding carboxylic acids is 3. The van der Waals surface area contributed by atoms with Crippen molar-refractivity contribution in [3.63, 3.8) is 0 Å². The van der Waals surface area contributed by atoms with Gasteiger partial charge in [0.1, 0.15) is 0 Å². The predicted molar refractivity (Wildman–Crippen MR) is 89.2 cm³/mol. The Morgan fingerprint density at radius 1 is 1.17 bits per heavy atom. The van der Waals surface area contributed by atoms with Crippen LogP contribution in [0.1, 0.15) is 35.7 Å². The smallest absolute Gasteiger partial charge is 0.252 e. The maximum Gasteiger partial charge on any atom is 0.252 e. The van der Waals surface area contributed by atoms with Gasteiger partial charge in [0.2, 0.25) is 0 Å². The van der Waals surface area contributed by atoms with Crippen LogP contribution >= 0.6 is 0 Å². The Morgan fingerprint density at radius 3 is 2.67 bits per heavy atom. The van der Waals surface area contributed by atoms with E-state index in [1.807, 2.05) is 37.3 Å². The van der Waals surface area contributed by atoms with Gasteiger partial charge >= 0.3 is 0 Å². The van der Waals surface area contributed by atoms with E-state index >= 15 is 0 Å². The number of benzene rings is 1. The highest BCUT2D eigenvalue weighted by Crippen LogP contribution is 2.45. The average Bonchev–Trinajstić information content (AvgIpc) is 2.53. The molecule has 3 aliphatic carbocycles. The fraction of sp³-hybridized carbons (Fsp3) is 0.350. The second-order valence-electron chi connectivity index (χ2n) is 7.12. The van der Waals surface area contributed by atoms with Crippen LogP contribution in [0.25, 0.3) is 0 Å². The van der Waals surface area contributed by atoms with Crippen LogP contribution < -0.4 is 5.73 Å². The summed E-state index contributed by atoms with van der Waals surface area (Å²) < 4.78 is 0. The number of amides is 1. The van der Waals surface area contributed by atoms with Gasteiger partial charge in [0.05, 0.1) is 5.57 Å². The minimum atomic E-state index is -0.656. The fourth-order valence-corrected chi connectivity index (χ4v) is 4.60. The first-order valence-electron chi connectivity index (χ1n) is 8.35. The summed E-state index contributed by atoms with van der Waals surface area (Å²) in [6.45, 7) is 1.81. The Bertz CT molecular complexity index is 846. The van der Waals surface area contributed by atoms with E-state index in [0.717, 1.165) is 35.1 Å². The summed E-state index contributed by atoms with van der Waals surface area (Å²) in [5, 5.41) is 0. The van der Waals surface area contributed by atoms with E-state index in [0.29, 0.717) is 6.42 Å². The summed E-state index contributed by atoms with van der Waals surface area (Å²) in [5.74, 6) is -0.904. The van der Waals surface area contributed by atoms with Gasteiger partial charge in [-0.25, -0.2) is 0 Å². The van der Waals surface area contributed by atoms with Crippen LogP contribution in [-0.4, -0.2) is 17.5 Å². The quantitative estimate of drug-likeness (QED) is 0.807. The first-order valence-corrected chi connectivity index (χ1v) is 8.35. The third kappa shape index (κ3) is 2.09. The molecule has 3 aliphatic rings. The molecule has 3 atom stereocenters. The molecule has 1 amide bonds. The number of nitrogens with two attached hydrogens (primary N) is 1. The molecule has 0 aliphatic heterocycles. The van der Waals surface area contributed by atoms with Gasteiger partial charge in [-0.2, -0.15) is 0 Å². The van der Waals surface area contributed by atoms with Gasteiger partial charge in [0.15, 0.2) is 11.6 Å². The Hall–Kier alpha value is -2.49. The molecule has 4 heteroatoms. The highest BCUT2D eigenvalue weighted by Gasteiger charge is 2.44. The molecule has 0 radical (unpaired) electrons. The van der Waals surface area contributed by atoms with Crippen LogP contribution in [0.4, 0.5) is 0 Å². The molecule has 122 valence electrons. The topological polar surface area (TPSA) is 77.2 Å². The van der Waals surface area contributed by atoms with E-state index < -0.39 is 11.8 Å². The third-order valence-electron chi connectivity index (χ3n) is 5.68. The maximum atomic E-state index is 12.8. The second-order valence-corrected chi connectivity index (χ2v) is 7.12. The number of primary amides is 1. The van der Waals surface area contributed by atoms with Gasteiger partial charge in [-0.1, -0.05) is 35.9 Å². The zero-order valence-corrected chi connectivity index (χ0v) is 13.5. The molecule has 2 N–H and O–H groups in total. The SMILES string of the molecule is CC1=C(C(N)=O)C(=O)C2C=C3C(=O)c4ccccc4CC3CC2C1. The predicted octanol–water partition coefficient (Wildman–Crippen LogP) is 2.38. The molecule has 0 aromatic heterocycles. The van der Waals surface area contributed by atoms with Crippen molar-refractivity contribution in [2.24, 2.45) is 23.5 Å². The van der Waals surface area contributed by atoms with Crippen LogP contribution in [0.15, 0.2) is 47.1 Å². The summed E-state index contributed by atoms with van der Waals surface area (Å²) in [4.78, 5) is 37.2. The van der Waals surface area contributed by atoms with Crippen LogP contribution in [0, 0.1) is 17.8 Å². The van der Waals surface area contributed by atoms with Gasteiger partial charge in [0, 0.05) is 17.1 Å². The van der Waals surface area contributed by atoms with Crippen molar-refractivity contribution in [1.82, 2.24) is 0 Å². The van der Waals surface area contributed by atoms with E-state index in [9.17, 15) is 14.4 Å². The van der Waals surface area contributed by atoms with Crippen molar-refractivity contribution in [3.05, 3.63) is 58.2 Å². The van der Waals surface area contributed by atoms with Crippen LogP contribution in [0.2, 0.25) is 0 Å². The third-order valence-corrected chi connectivity index (χ3v) is 5.68. The molecule has 0 saturated carbocycles. The monoisotopic (exact) mass is 321 g/mol. The summed E-state index contributed by atoms with van der Waals surface area (Å²) >= 11 is 0. The van der Waals surface area contributed by atoms with Gasteiger partial charge in [0.25, 0.3) is 5.91 Å². The Kier molecular flexibility index (Phi) is 3.30. The average molecular weight is 321 g/mol. The summed E-state index contributed by atoms with van der Waals surface area (Å²) in [6.07, 6.45) is 4.18. The largest absolute Gasteiger partial charge is 0.365 e. The highest BCUT2D eigenvalue weighted by atomic mass is 16.2. The molecule has 3 unspecified atom stereocenters. The lowest BCUT2D eigenvalue weighted by atomic mass is 9.63. The van der Waals surface area contributed by atoms with Crippen molar-refractivity contribution in [2.75, 3.05) is 0 Å². The van der Waals surface area contributed by atoms with E-state index in [1.54, 1.807) is 0 Å². The normalized spacial score (nSPS) is 28.7. The Labute approximate surface area is 140 Å². The molecule has 1 aromatic carbocycles. The summed E-state index contributed by atoms with van der Waals surface area (Å²) in [7, 11) is 0. The van der Waals surface area contributed by atoms with Gasteiger partial charge in [-0.05, 0) is 43.6 Å². The van der Waals surface area contributed by atoms with Crippen LogP contribution in [0.3, 0.4) is 0 Å². The molecular formula is C20H19NO3. The molecule has 0 bridgehead atoms. The Morgan fingerprint density at radius 2 is 1.92 bits per heavy atom. The molecule has 0 spiro atoms. The molecule has 0 fully saturated rings. The number of rotatable bonds is 1. The molecule has 24 heavy (non-hydrogen) atoms. The van der Waals surface area contributed by atoms with Crippen molar-refractivity contribution in [3.8, 4) is 0 Å². The Balaban J connectivity index is 1.77. The van der Waals surface area contributed by atoms with Gasteiger partial charge in [-0.3, -0.25) is 14.4 Å². The van der Waals surface area contributed by atoms with E-state index in [1.165, 1.54) is 0 Å². The number of allylic oxidation sites excluding steroid dienone is 3. The molecule has 0 heterocycles. The lowest BCUT2D eigenvalue weighted by Gasteiger charge is -2.39. The summed E-state index contributed by atoms with van der Waals surface area (Å²) in [6, 6.07) is 7.69. The molecular weight excluding hydrogens is 302 g/mol. The summed E-state index contributed by atoms with van der Waals surface area (Å²) in [5.41, 5.74) is 8.88. The molecule has 0 saturated heterocycles. The number of ketones is 2.